The van der Waals surface area contributed by atoms with E-state index in [1.807, 2.05) is 48.5 Å². The highest BCUT2D eigenvalue weighted by molar-refractivity contribution is 8.00. The quantitative estimate of drug-likeness (QED) is 0.848. The molecule has 0 saturated carbocycles. The number of nitrogens with zero attached hydrogens (tertiary/aromatic N) is 2. The number of hydrogen-bond acceptors (Lipinski definition) is 4. The summed E-state index contributed by atoms with van der Waals surface area (Å²) < 4.78 is 0. The summed E-state index contributed by atoms with van der Waals surface area (Å²) in [6, 6.07) is 18.1. The highest BCUT2D eigenvalue weighted by atomic mass is 32.2. The van der Waals surface area contributed by atoms with Crippen LogP contribution in [0, 0.1) is 0 Å². The van der Waals surface area contributed by atoms with Crippen molar-refractivity contribution < 1.29 is 4.79 Å². The smallest absolute Gasteiger partial charge is 0.234 e. The van der Waals surface area contributed by atoms with Gasteiger partial charge in [-0.15, -0.1) is 11.8 Å². The number of nitrogens with one attached hydrogen (secondary N) is 1. The third-order valence-electron chi connectivity index (χ3n) is 4.14. The zero-order valence-corrected chi connectivity index (χ0v) is 14.8. The van der Waals surface area contributed by atoms with Crippen LogP contribution in [0.3, 0.4) is 0 Å². The Bertz CT molecular complexity index is 669. The first-order chi connectivity index (χ1) is 11.7. The topological polar surface area (TPSA) is 35.6 Å². The number of hydrogen-bond donors (Lipinski definition) is 1. The van der Waals surface area contributed by atoms with Gasteiger partial charge in [-0.3, -0.25) is 4.79 Å². The van der Waals surface area contributed by atoms with Crippen molar-refractivity contribution in [3.63, 3.8) is 0 Å². The van der Waals surface area contributed by atoms with Crippen LogP contribution >= 0.6 is 11.8 Å². The standard InChI is InChI=1S/C19H23N3OS/c1-21-11-13-22(14-12-21)18-10-6-5-9-17(18)20-19(23)15-24-16-7-3-2-4-8-16/h2-10H,11-15H2,1H3,(H,20,23). The molecule has 4 nitrogen and oxygen atoms in total. The van der Waals surface area contributed by atoms with Crippen LogP contribution < -0.4 is 10.2 Å². The number of para-hydroxylation sites is 2. The van der Waals surface area contributed by atoms with Gasteiger partial charge < -0.3 is 15.1 Å². The summed E-state index contributed by atoms with van der Waals surface area (Å²) in [5.74, 6) is 0.451. The lowest BCUT2D eigenvalue weighted by molar-refractivity contribution is -0.113. The molecule has 0 unspecified atom stereocenters. The van der Waals surface area contributed by atoms with Crippen molar-refractivity contribution in [3.05, 3.63) is 54.6 Å². The third kappa shape index (κ3) is 4.52. The lowest BCUT2D eigenvalue weighted by atomic mass is 10.2. The number of anilines is 2. The van der Waals surface area contributed by atoms with Crippen LogP contribution in [-0.2, 0) is 4.79 Å². The molecular weight excluding hydrogens is 318 g/mol. The number of carbonyl (C=O) groups is 1. The molecule has 1 N–H and O–H groups in total. The van der Waals surface area contributed by atoms with Gasteiger partial charge in [0.05, 0.1) is 17.1 Å². The molecule has 3 rings (SSSR count). The zero-order chi connectivity index (χ0) is 16.8. The summed E-state index contributed by atoms with van der Waals surface area (Å²) in [6.45, 7) is 4.07. The fourth-order valence-corrected chi connectivity index (χ4v) is 3.47. The second-order valence-corrected chi connectivity index (χ2v) is 7.01. The highest BCUT2D eigenvalue weighted by Crippen LogP contribution is 2.27. The van der Waals surface area contributed by atoms with Gasteiger partial charge in [0.25, 0.3) is 0 Å². The molecule has 24 heavy (non-hydrogen) atoms. The molecule has 1 heterocycles. The van der Waals surface area contributed by atoms with Gasteiger partial charge in [-0.05, 0) is 31.3 Å². The second kappa shape index (κ2) is 8.22. The number of rotatable bonds is 5. The Kier molecular flexibility index (Phi) is 5.77. The third-order valence-corrected chi connectivity index (χ3v) is 5.15. The van der Waals surface area contributed by atoms with Crippen molar-refractivity contribution in [3.8, 4) is 0 Å². The SMILES string of the molecule is CN1CCN(c2ccccc2NC(=O)CSc2ccccc2)CC1. The predicted molar refractivity (Wildman–Crippen MR) is 102 cm³/mol. The van der Waals surface area contributed by atoms with Crippen LogP contribution in [-0.4, -0.2) is 49.8 Å². The van der Waals surface area contributed by atoms with Gasteiger partial charge in [-0.25, -0.2) is 0 Å². The predicted octanol–water partition coefficient (Wildman–Crippen LogP) is 3.17. The number of benzene rings is 2. The minimum Gasteiger partial charge on any atom is -0.367 e. The fraction of sp³-hybridized carbons (Fsp3) is 0.316. The first-order valence-electron chi connectivity index (χ1n) is 8.22. The van der Waals surface area contributed by atoms with E-state index in [0.29, 0.717) is 5.75 Å². The maximum Gasteiger partial charge on any atom is 0.234 e. The average Bonchev–Trinajstić information content (AvgIpc) is 2.62. The van der Waals surface area contributed by atoms with Gasteiger partial charge in [0.1, 0.15) is 0 Å². The number of piperazine rings is 1. The van der Waals surface area contributed by atoms with E-state index in [9.17, 15) is 4.79 Å². The molecule has 0 spiro atoms. The van der Waals surface area contributed by atoms with E-state index in [1.165, 1.54) is 0 Å². The van der Waals surface area contributed by atoms with Crippen LogP contribution in [0.15, 0.2) is 59.5 Å². The molecule has 1 fully saturated rings. The van der Waals surface area contributed by atoms with Crippen molar-refractivity contribution in [2.75, 3.05) is 49.2 Å². The summed E-state index contributed by atoms with van der Waals surface area (Å²) in [7, 11) is 2.14. The van der Waals surface area contributed by atoms with Gasteiger partial charge in [0.15, 0.2) is 0 Å². The van der Waals surface area contributed by atoms with E-state index < -0.39 is 0 Å². The van der Waals surface area contributed by atoms with E-state index in [1.54, 1.807) is 11.8 Å². The van der Waals surface area contributed by atoms with Crippen LogP contribution in [0.1, 0.15) is 0 Å². The molecule has 0 aliphatic carbocycles. The van der Waals surface area contributed by atoms with Crippen molar-refractivity contribution in [1.82, 2.24) is 4.90 Å². The van der Waals surface area contributed by atoms with Crippen molar-refractivity contribution in [1.29, 1.82) is 0 Å². The van der Waals surface area contributed by atoms with Crippen molar-refractivity contribution in [2.45, 2.75) is 4.90 Å². The maximum atomic E-state index is 12.3. The molecule has 126 valence electrons. The Hall–Kier alpha value is -1.98. The van der Waals surface area contributed by atoms with Crippen molar-refractivity contribution >= 4 is 29.0 Å². The first-order valence-corrected chi connectivity index (χ1v) is 9.21. The molecule has 0 bridgehead atoms. The minimum atomic E-state index is 0.0328. The molecule has 2 aromatic rings. The second-order valence-electron chi connectivity index (χ2n) is 5.96. The molecule has 0 aromatic heterocycles. The minimum absolute atomic E-state index is 0.0328. The summed E-state index contributed by atoms with van der Waals surface area (Å²) in [4.78, 5) is 18.1. The molecule has 5 heteroatoms. The van der Waals surface area contributed by atoms with Gasteiger partial charge in [0, 0.05) is 31.1 Å². The van der Waals surface area contributed by atoms with Crippen LogP contribution in [0.25, 0.3) is 0 Å². The van der Waals surface area contributed by atoms with Crippen LogP contribution in [0.2, 0.25) is 0 Å². The normalized spacial score (nSPS) is 15.3. The molecule has 1 aliphatic rings. The number of thioether (sulfide) groups is 1. The largest absolute Gasteiger partial charge is 0.367 e. The maximum absolute atomic E-state index is 12.3. The summed E-state index contributed by atoms with van der Waals surface area (Å²) in [5, 5.41) is 3.07. The lowest BCUT2D eigenvalue weighted by Crippen LogP contribution is -2.44. The zero-order valence-electron chi connectivity index (χ0n) is 13.9. The van der Waals surface area contributed by atoms with Gasteiger partial charge >= 0.3 is 0 Å². The molecule has 2 aromatic carbocycles. The molecule has 1 saturated heterocycles. The Morgan fingerprint density at radius 1 is 1.00 bits per heavy atom. The Morgan fingerprint density at radius 2 is 1.67 bits per heavy atom. The van der Waals surface area contributed by atoms with Crippen LogP contribution in [0.4, 0.5) is 11.4 Å². The van der Waals surface area contributed by atoms with E-state index >= 15 is 0 Å². The molecule has 1 aliphatic heterocycles. The van der Waals surface area contributed by atoms with Gasteiger partial charge in [-0.1, -0.05) is 30.3 Å². The highest BCUT2D eigenvalue weighted by Gasteiger charge is 2.17. The van der Waals surface area contributed by atoms with Crippen molar-refractivity contribution in [2.24, 2.45) is 0 Å². The van der Waals surface area contributed by atoms with Gasteiger partial charge in [-0.2, -0.15) is 0 Å². The van der Waals surface area contributed by atoms with Gasteiger partial charge in [0.2, 0.25) is 5.91 Å². The molecular formula is C19H23N3OS. The summed E-state index contributed by atoms with van der Waals surface area (Å²) in [5.41, 5.74) is 2.02. The monoisotopic (exact) mass is 341 g/mol. The summed E-state index contributed by atoms with van der Waals surface area (Å²) in [6.07, 6.45) is 0. The van der Waals surface area contributed by atoms with E-state index in [0.717, 1.165) is 42.4 Å². The lowest BCUT2D eigenvalue weighted by Gasteiger charge is -2.35. The summed E-state index contributed by atoms with van der Waals surface area (Å²) >= 11 is 1.56. The van der Waals surface area contributed by atoms with Crippen LogP contribution in [0.5, 0.6) is 0 Å². The molecule has 1 amide bonds. The number of amides is 1. The first kappa shape index (κ1) is 16.9. The fourth-order valence-electron chi connectivity index (χ4n) is 2.75. The Labute approximate surface area is 147 Å². The Balaban J connectivity index is 1.61. The van der Waals surface area contributed by atoms with E-state index in [-0.39, 0.29) is 5.91 Å². The number of carbonyl (C=O) groups excluding carboxylic acids is 1. The van der Waals surface area contributed by atoms with E-state index in [2.05, 4.69) is 28.2 Å². The molecule has 0 atom stereocenters. The van der Waals surface area contributed by atoms with E-state index in [4.69, 9.17) is 0 Å². The number of likely N-dealkylation sites (N-methyl/N-ethyl adjacent to an activating group) is 1. The molecule has 0 radical (unpaired) electrons. The average molecular weight is 341 g/mol. The Morgan fingerprint density at radius 3 is 2.42 bits per heavy atom.